The first kappa shape index (κ1) is 13.2. The van der Waals surface area contributed by atoms with E-state index in [1.54, 1.807) is 6.20 Å². The standard InChI is InChI=1S/C13H15IN4/c1-3-5-9-10(14)12(15)18-13(17-9)11-8(2)6-4-7-16-11/h4,6-7H,3,5H2,1-2H3,(H2,15,17,18). The molecule has 2 aromatic rings. The number of pyridine rings is 1. The lowest BCUT2D eigenvalue weighted by molar-refractivity contribution is 0.867. The van der Waals surface area contributed by atoms with Gasteiger partial charge in [0, 0.05) is 6.20 Å². The van der Waals surface area contributed by atoms with Gasteiger partial charge in [-0.15, -0.1) is 0 Å². The molecule has 2 rings (SSSR count). The van der Waals surface area contributed by atoms with Crippen LogP contribution in [-0.4, -0.2) is 15.0 Å². The highest BCUT2D eigenvalue weighted by molar-refractivity contribution is 14.1. The third-order valence-corrected chi connectivity index (χ3v) is 3.83. The molecule has 94 valence electrons. The molecule has 0 radical (unpaired) electrons. The minimum absolute atomic E-state index is 0.536. The van der Waals surface area contributed by atoms with Gasteiger partial charge in [0.25, 0.3) is 0 Å². The van der Waals surface area contributed by atoms with E-state index in [-0.39, 0.29) is 0 Å². The predicted octanol–water partition coefficient (Wildman–Crippen LogP) is 2.99. The molecule has 0 bridgehead atoms. The Morgan fingerprint density at radius 1 is 1.33 bits per heavy atom. The van der Waals surface area contributed by atoms with Crippen LogP contribution in [0.4, 0.5) is 5.82 Å². The van der Waals surface area contributed by atoms with E-state index >= 15 is 0 Å². The van der Waals surface area contributed by atoms with Gasteiger partial charge in [0.05, 0.1) is 9.26 Å². The highest BCUT2D eigenvalue weighted by atomic mass is 127. The fraction of sp³-hybridized carbons (Fsp3) is 0.308. The summed E-state index contributed by atoms with van der Waals surface area (Å²) >= 11 is 2.20. The van der Waals surface area contributed by atoms with Crippen molar-refractivity contribution in [1.29, 1.82) is 0 Å². The third-order valence-electron chi connectivity index (χ3n) is 2.65. The summed E-state index contributed by atoms with van der Waals surface area (Å²) in [6, 6.07) is 3.90. The van der Waals surface area contributed by atoms with Crippen LogP contribution in [0.25, 0.3) is 11.5 Å². The van der Waals surface area contributed by atoms with Crippen molar-refractivity contribution >= 4 is 28.4 Å². The quantitative estimate of drug-likeness (QED) is 0.861. The minimum Gasteiger partial charge on any atom is -0.383 e. The zero-order valence-electron chi connectivity index (χ0n) is 10.4. The van der Waals surface area contributed by atoms with Crippen LogP contribution in [0.1, 0.15) is 24.6 Å². The van der Waals surface area contributed by atoms with E-state index in [0.717, 1.165) is 33.4 Å². The predicted molar refractivity (Wildman–Crippen MR) is 81.1 cm³/mol. The van der Waals surface area contributed by atoms with Crippen molar-refractivity contribution in [3.8, 4) is 11.5 Å². The van der Waals surface area contributed by atoms with Crippen molar-refractivity contribution < 1.29 is 0 Å². The van der Waals surface area contributed by atoms with Crippen LogP contribution >= 0.6 is 22.6 Å². The lowest BCUT2D eigenvalue weighted by atomic mass is 10.2. The number of nitrogens with two attached hydrogens (primary N) is 1. The van der Waals surface area contributed by atoms with Crippen LogP contribution in [0.5, 0.6) is 0 Å². The maximum atomic E-state index is 5.95. The summed E-state index contributed by atoms with van der Waals surface area (Å²) in [5.74, 6) is 1.16. The van der Waals surface area contributed by atoms with Gasteiger partial charge >= 0.3 is 0 Å². The van der Waals surface area contributed by atoms with Crippen LogP contribution in [0.2, 0.25) is 0 Å². The molecule has 0 saturated carbocycles. The van der Waals surface area contributed by atoms with Gasteiger partial charge in [-0.25, -0.2) is 9.97 Å². The van der Waals surface area contributed by atoms with E-state index < -0.39 is 0 Å². The summed E-state index contributed by atoms with van der Waals surface area (Å²) < 4.78 is 0.951. The molecule has 0 aliphatic rings. The summed E-state index contributed by atoms with van der Waals surface area (Å²) in [6.45, 7) is 4.12. The van der Waals surface area contributed by atoms with Gasteiger partial charge in [-0.3, -0.25) is 4.98 Å². The summed E-state index contributed by atoms with van der Waals surface area (Å²) in [6.07, 6.45) is 3.69. The van der Waals surface area contributed by atoms with Crippen molar-refractivity contribution in [3.05, 3.63) is 33.2 Å². The Kier molecular flexibility index (Phi) is 4.11. The summed E-state index contributed by atoms with van der Waals surface area (Å²) in [4.78, 5) is 13.3. The topological polar surface area (TPSA) is 64.7 Å². The second-order valence-electron chi connectivity index (χ2n) is 4.11. The van der Waals surface area contributed by atoms with Crippen LogP contribution in [0.3, 0.4) is 0 Å². The first-order valence-corrected chi connectivity index (χ1v) is 6.95. The lowest BCUT2D eigenvalue weighted by Gasteiger charge is -2.09. The van der Waals surface area contributed by atoms with Gasteiger partial charge in [-0.05, 0) is 47.6 Å². The average Bonchev–Trinajstić information content (AvgIpc) is 2.35. The molecule has 4 nitrogen and oxygen atoms in total. The summed E-state index contributed by atoms with van der Waals surface area (Å²) in [5.41, 5.74) is 8.82. The Morgan fingerprint density at radius 3 is 2.78 bits per heavy atom. The maximum absolute atomic E-state index is 5.95. The van der Waals surface area contributed by atoms with Crippen molar-refractivity contribution in [2.45, 2.75) is 26.7 Å². The molecule has 0 saturated heterocycles. The number of aryl methyl sites for hydroxylation is 2. The number of nitrogens with zero attached hydrogens (tertiary/aromatic N) is 3. The third kappa shape index (κ3) is 2.60. The zero-order valence-corrected chi connectivity index (χ0v) is 12.6. The first-order chi connectivity index (χ1) is 8.63. The van der Waals surface area contributed by atoms with Crippen molar-refractivity contribution in [2.75, 3.05) is 5.73 Å². The second kappa shape index (κ2) is 5.60. The Bertz CT molecular complexity index is 569. The number of anilines is 1. The van der Waals surface area contributed by atoms with Gasteiger partial charge in [0.2, 0.25) is 0 Å². The molecule has 0 unspecified atom stereocenters. The second-order valence-corrected chi connectivity index (χ2v) is 5.19. The van der Waals surface area contributed by atoms with E-state index in [1.807, 2.05) is 19.1 Å². The Labute approximate surface area is 120 Å². The molecular formula is C13H15IN4. The van der Waals surface area contributed by atoms with E-state index in [2.05, 4.69) is 44.5 Å². The van der Waals surface area contributed by atoms with Gasteiger partial charge in [-0.1, -0.05) is 19.4 Å². The van der Waals surface area contributed by atoms with Crippen molar-refractivity contribution in [1.82, 2.24) is 15.0 Å². The molecule has 0 aromatic carbocycles. The van der Waals surface area contributed by atoms with Crippen LogP contribution < -0.4 is 5.73 Å². The molecule has 0 fully saturated rings. The summed E-state index contributed by atoms with van der Waals surface area (Å²) in [7, 11) is 0. The summed E-state index contributed by atoms with van der Waals surface area (Å²) in [5, 5.41) is 0. The highest BCUT2D eigenvalue weighted by Crippen LogP contribution is 2.23. The van der Waals surface area contributed by atoms with Crippen molar-refractivity contribution in [3.63, 3.8) is 0 Å². The van der Waals surface area contributed by atoms with Crippen LogP contribution in [-0.2, 0) is 6.42 Å². The molecule has 0 aliphatic heterocycles. The highest BCUT2D eigenvalue weighted by Gasteiger charge is 2.12. The van der Waals surface area contributed by atoms with Crippen LogP contribution in [0.15, 0.2) is 18.3 Å². The normalized spacial score (nSPS) is 10.6. The molecule has 2 aromatic heterocycles. The van der Waals surface area contributed by atoms with E-state index in [0.29, 0.717) is 11.6 Å². The molecule has 0 amide bonds. The lowest BCUT2D eigenvalue weighted by Crippen LogP contribution is -2.06. The van der Waals surface area contributed by atoms with E-state index in [9.17, 15) is 0 Å². The number of hydrogen-bond donors (Lipinski definition) is 1. The molecule has 0 spiro atoms. The molecule has 5 heteroatoms. The molecule has 0 aliphatic carbocycles. The molecule has 0 atom stereocenters. The van der Waals surface area contributed by atoms with Gasteiger partial charge in [-0.2, -0.15) is 0 Å². The largest absolute Gasteiger partial charge is 0.383 e. The smallest absolute Gasteiger partial charge is 0.180 e. The number of hydrogen-bond acceptors (Lipinski definition) is 4. The fourth-order valence-corrected chi connectivity index (χ4v) is 2.25. The Hall–Kier alpha value is -1.24. The Morgan fingerprint density at radius 2 is 2.11 bits per heavy atom. The molecule has 18 heavy (non-hydrogen) atoms. The molecular weight excluding hydrogens is 339 g/mol. The van der Waals surface area contributed by atoms with E-state index in [4.69, 9.17) is 5.73 Å². The van der Waals surface area contributed by atoms with Crippen molar-refractivity contribution in [2.24, 2.45) is 0 Å². The molecule has 2 N–H and O–H groups in total. The van der Waals surface area contributed by atoms with Gasteiger partial charge < -0.3 is 5.73 Å². The number of aromatic nitrogens is 3. The molecule has 2 heterocycles. The minimum atomic E-state index is 0.536. The average molecular weight is 354 g/mol. The number of nitrogen functional groups attached to an aromatic ring is 1. The maximum Gasteiger partial charge on any atom is 0.180 e. The number of halogens is 1. The fourth-order valence-electron chi connectivity index (χ4n) is 1.74. The Balaban J connectivity index is 2.56. The number of rotatable bonds is 3. The van der Waals surface area contributed by atoms with Gasteiger partial charge in [0.1, 0.15) is 11.5 Å². The van der Waals surface area contributed by atoms with E-state index in [1.165, 1.54) is 0 Å². The SMILES string of the molecule is CCCc1nc(-c2ncccc2C)nc(N)c1I. The van der Waals surface area contributed by atoms with Crippen LogP contribution in [0, 0.1) is 10.5 Å². The monoisotopic (exact) mass is 354 g/mol. The van der Waals surface area contributed by atoms with Gasteiger partial charge in [0.15, 0.2) is 5.82 Å². The zero-order chi connectivity index (χ0) is 13.1. The first-order valence-electron chi connectivity index (χ1n) is 5.87.